The lowest BCUT2D eigenvalue weighted by atomic mass is 10.3. The molecule has 1 aromatic rings. The van der Waals surface area contributed by atoms with Crippen molar-refractivity contribution in [2.75, 3.05) is 13.2 Å². The molecule has 1 aliphatic rings. The summed E-state index contributed by atoms with van der Waals surface area (Å²) in [7, 11) is 0. The molecular weight excluding hydrogens is 262 g/mol. The maximum atomic E-state index is 11.4. The van der Waals surface area contributed by atoms with Crippen LogP contribution in [0.2, 0.25) is 0 Å². The third kappa shape index (κ3) is 4.11. The SMILES string of the molecule is C[C@H]1C[C@H]1NC(=O)NCCOc1ccc([N+](=O)[O-])cc1. The first-order chi connectivity index (χ1) is 9.56. The average molecular weight is 279 g/mol. The number of non-ortho nitro benzene ring substituents is 1. The van der Waals surface area contributed by atoms with Gasteiger partial charge in [0.25, 0.3) is 5.69 Å². The number of rotatable bonds is 6. The van der Waals surface area contributed by atoms with Crippen LogP contribution in [0.1, 0.15) is 13.3 Å². The van der Waals surface area contributed by atoms with E-state index < -0.39 is 4.92 Å². The number of nitro benzene ring substituents is 1. The Morgan fingerprint density at radius 3 is 2.65 bits per heavy atom. The maximum Gasteiger partial charge on any atom is 0.315 e. The van der Waals surface area contributed by atoms with E-state index in [0.29, 0.717) is 30.9 Å². The number of amides is 2. The van der Waals surface area contributed by atoms with E-state index in [1.807, 2.05) is 0 Å². The molecule has 1 aliphatic carbocycles. The number of nitro groups is 1. The van der Waals surface area contributed by atoms with Crippen LogP contribution in [0.25, 0.3) is 0 Å². The molecule has 108 valence electrons. The van der Waals surface area contributed by atoms with E-state index >= 15 is 0 Å². The number of benzene rings is 1. The van der Waals surface area contributed by atoms with Crippen LogP contribution in [0.3, 0.4) is 0 Å². The summed E-state index contributed by atoms with van der Waals surface area (Å²) in [6.07, 6.45) is 1.03. The number of urea groups is 1. The predicted molar refractivity (Wildman–Crippen MR) is 72.7 cm³/mol. The lowest BCUT2D eigenvalue weighted by Gasteiger charge is -2.08. The Hall–Kier alpha value is -2.31. The Morgan fingerprint density at radius 2 is 2.10 bits per heavy atom. The van der Waals surface area contributed by atoms with Gasteiger partial charge in [-0.3, -0.25) is 10.1 Å². The second kappa shape index (κ2) is 6.23. The predicted octanol–water partition coefficient (Wildman–Crippen LogP) is 1.68. The van der Waals surface area contributed by atoms with E-state index in [4.69, 9.17) is 4.74 Å². The molecule has 0 aliphatic heterocycles. The van der Waals surface area contributed by atoms with Gasteiger partial charge in [0.05, 0.1) is 11.5 Å². The molecule has 0 unspecified atom stereocenters. The van der Waals surface area contributed by atoms with Gasteiger partial charge in [-0.1, -0.05) is 6.92 Å². The minimum Gasteiger partial charge on any atom is -0.492 e. The fourth-order valence-electron chi connectivity index (χ4n) is 1.74. The molecule has 7 nitrogen and oxygen atoms in total. The van der Waals surface area contributed by atoms with Crippen molar-refractivity contribution in [2.45, 2.75) is 19.4 Å². The van der Waals surface area contributed by atoms with Gasteiger partial charge in [0, 0.05) is 18.2 Å². The van der Waals surface area contributed by atoms with Crippen molar-refractivity contribution in [1.29, 1.82) is 0 Å². The van der Waals surface area contributed by atoms with Gasteiger partial charge in [0.1, 0.15) is 12.4 Å². The molecule has 20 heavy (non-hydrogen) atoms. The highest BCUT2D eigenvalue weighted by atomic mass is 16.6. The number of ether oxygens (including phenoxy) is 1. The summed E-state index contributed by atoms with van der Waals surface area (Å²) in [6, 6.07) is 5.93. The zero-order valence-corrected chi connectivity index (χ0v) is 11.2. The molecule has 2 N–H and O–H groups in total. The normalized spacial score (nSPS) is 20.1. The molecule has 0 bridgehead atoms. The smallest absolute Gasteiger partial charge is 0.315 e. The lowest BCUT2D eigenvalue weighted by Crippen LogP contribution is -2.39. The van der Waals surface area contributed by atoms with Crippen LogP contribution in [0.4, 0.5) is 10.5 Å². The number of hydrogen-bond acceptors (Lipinski definition) is 4. The van der Waals surface area contributed by atoms with E-state index in [1.54, 1.807) is 0 Å². The minimum absolute atomic E-state index is 0.0217. The standard InChI is InChI=1S/C13H17N3O4/c1-9-8-12(9)15-13(17)14-6-7-20-11-4-2-10(3-5-11)16(18)19/h2-5,9,12H,6-8H2,1H3,(H2,14,15,17)/t9-,12+/m0/s1. The first kappa shape index (κ1) is 14.1. The highest BCUT2D eigenvalue weighted by molar-refractivity contribution is 5.74. The van der Waals surface area contributed by atoms with Crippen molar-refractivity contribution < 1.29 is 14.5 Å². The molecule has 7 heteroatoms. The monoisotopic (exact) mass is 279 g/mol. The molecule has 2 rings (SSSR count). The average Bonchev–Trinajstić information content (AvgIpc) is 3.10. The summed E-state index contributed by atoms with van der Waals surface area (Å²) in [4.78, 5) is 21.4. The number of nitrogens with zero attached hydrogens (tertiary/aromatic N) is 1. The second-order valence-electron chi connectivity index (χ2n) is 4.82. The Bertz CT molecular complexity index is 489. The lowest BCUT2D eigenvalue weighted by molar-refractivity contribution is -0.384. The van der Waals surface area contributed by atoms with E-state index in [9.17, 15) is 14.9 Å². The Kier molecular flexibility index (Phi) is 4.39. The Balaban J connectivity index is 1.62. The third-order valence-electron chi connectivity index (χ3n) is 3.13. The minimum atomic E-state index is -0.464. The Labute approximate surface area is 116 Å². The van der Waals surface area contributed by atoms with Crippen molar-refractivity contribution in [3.63, 3.8) is 0 Å². The van der Waals surface area contributed by atoms with Crippen LogP contribution in [-0.2, 0) is 0 Å². The summed E-state index contributed by atoms with van der Waals surface area (Å²) in [5.41, 5.74) is 0.0217. The molecule has 1 fully saturated rings. The van der Waals surface area contributed by atoms with Crippen LogP contribution in [0, 0.1) is 16.0 Å². The van der Waals surface area contributed by atoms with Gasteiger partial charge in [0.2, 0.25) is 0 Å². The fraction of sp³-hybridized carbons (Fsp3) is 0.462. The van der Waals surface area contributed by atoms with Gasteiger partial charge in [-0.05, 0) is 24.5 Å². The molecule has 2 amide bonds. The zero-order chi connectivity index (χ0) is 14.5. The largest absolute Gasteiger partial charge is 0.492 e. The third-order valence-corrected chi connectivity index (χ3v) is 3.13. The molecule has 1 saturated carbocycles. The van der Waals surface area contributed by atoms with Crippen molar-refractivity contribution in [2.24, 2.45) is 5.92 Å². The first-order valence-corrected chi connectivity index (χ1v) is 6.48. The van der Waals surface area contributed by atoms with Crippen molar-refractivity contribution in [3.05, 3.63) is 34.4 Å². The van der Waals surface area contributed by atoms with Crippen molar-refractivity contribution >= 4 is 11.7 Å². The highest BCUT2D eigenvalue weighted by Crippen LogP contribution is 2.28. The summed E-state index contributed by atoms with van der Waals surface area (Å²) in [6.45, 7) is 2.78. The van der Waals surface area contributed by atoms with Crippen molar-refractivity contribution in [3.8, 4) is 5.75 Å². The molecule has 0 heterocycles. The summed E-state index contributed by atoms with van der Waals surface area (Å²) in [5, 5.41) is 16.0. The number of hydrogen-bond donors (Lipinski definition) is 2. The quantitative estimate of drug-likeness (QED) is 0.470. The van der Waals surface area contributed by atoms with E-state index in [1.165, 1.54) is 24.3 Å². The molecular formula is C13H17N3O4. The molecule has 0 radical (unpaired) electrons. The molecule has 0 saturated heterocycles. The van der Waals surface area contributed by atoms with Crippen LogP contribution >= 0.6 is 0 Å². The van der Waals surface area contributed by atoms with Gasteiger partial charge in [-0.25, -0.2) is 4.79 Å². The summed E-state index contributed by atoms with van der Waals surface area (Å²) < 4.78 is 5.37. The number of carbonyl (C=O) groups is 1. The van der Waals surface area contributed by atoms with E-state index in [2.05, 4.69) is 17.6 Å². The second-order valence-corrected chi connectivity index (χ2v) is 4.82. The van der Waals surface area contributed by atoms with Gasteiger partial charge in [0.15, 0.2) is 0 Å². The van der Waals surface area contributed by atoms with E-state index in [0.717, 1.165) is 6.42 Å². The van der Waals surface area contributed by atoms with Crippen LogP contribution < -0.4 is 15.4 Å². The van der Waals surface area contributed by atoms with Crippen LogP contribution in [0.15, 0.2) is 24.3 Å². The van der Waals surface area contributed by atoms with Gasteiger partial charge >= 0.3 is 6.03 Å². The fourth-order valence-corrected chi connectivity index (χ4v) is 1.74. The van der Waals surface area contributed by atoms with Crippen LogP contribution in [-0.4, -0.2) is 30.1 Å². The topological polar surface area (TPSA) is 93.5 Å². The van der Waals surface area contributed by atoms with E-state index in [-0.39, 0.29) is 11.7 Å². The number of carbonyl (C=O) groups excluding carboxylic acids is 1. The first-order valence-electron chi connectivity index (χ1n) is 6.48. The maximum absolute atomic E-state index is 11.4. The summed E-state index contributed by atoms with van der Waals surface area (Å²) in [5.74, 6) is 1.10. The summed E-state index contributed by atoms with van der Waals surface area (Å²) >= 11 is 0. The zero-order valence-electron chi connectivity index (χ0n) is 11.2. The molecule has 0 spiro atoms. The molecule has 2 atom stereocenters. The number of nitrogens with one attached hydrogen (secondary N) is 2. The van der Waals surface area contributed by atoms with Gasteiger partial charge in [-0.15, -0.1) is 0 Å². The van der Waals surface area contributed by atoms with Crippen molar-refractivity contribution in [1.82, 2.24) is 10.6 Å². The van der Waals surface area contributed by atoms with Crippen LogP contribution in [0.5, 0.6) is 5.75 Å². The van der Waals surface area contributed by atoms with Gasteiger partial charge in [-0.2, -0.15) is 0 Å². The molecule has 0 aromatic heterocycles. The highest BCUT2D eigenvalue weighted by Gasteiger charge is 2.33. The molecule has 1 aromatic carbocycles. The van der Waals surface area contributed by atoms with Gasteiger partial charge < -0.3 is 15.4 Å². The Morgan fingerprint density at radius 1 is 1.45 bits per heavy atom.